The predicted molar refractivity (Wildman–Crippen MR) is 101 cm³/mol. The molecule has 152 valence electrons. The summed E-state index contributed by atoms with van der Waals surface area (Å²) in [6.45, 7) is 0.847. The van der Waals surface area contributed by atoms with Crippen LogP contribution in [0, 0.1) is 11.3 Å². The normalized spacial score (nSPS) is 24.1. The first kappa shape index (κ1) is 21.7. The lowest BCUT2D eigenvalue weighted by Crippen LogP contribution is -2.47. The smallest absolute Gasteiger partial charge is 0.387 e. The van der Waals surface area contributed by atoms with Gasteiger partial charge in [-0.2, -0.15) is 8.78 Å². The minimum absolute atomic E-state index is 0. The number of halogens is 3. The van der Waals surface area contributed by atoms with Crippen molar-refractivity contribution in [3.8, 4) is 11.5 Å². The Morgan fingerprint density at radius 2 is 2.22 bits per heavy atom. The van der Waals surface area contributed by atoms with E-state index in [0.29, 0.717) is 24.6 Å². The van der Waals surface area contributed by atoms with Gasteiger partial charge in [0.2, 0.25) is 5.91 Å². The first-order valence-electron chi connectivity index (χ1n) is 9.25. The number of ether oxygens (including phenoxy) is 2. The average molecular weight is 405 g/mol. The van der Waals surface area contributed by atoms with Crippen LogP contribution in [0.5, 0.6) is 11.5 Å². The molecule has 1 heterocycles. The highest BCUT2D eigenvalue weighted by Gasteiger charge is 2.49. The molecule has 0 unspecified atom stereocenters. The van der Waals surface area contributed by atoms with E-state index >= 15 is 0 Å². The van der Waals surface area contributed by atoms with Crippen molar-refractivity contribution in [2.45, 2.75) is 45.8 Å². The summed E-state index contributed by atoms with van der Waals surface area (Å²) in [7, 11) is 0. The second kappa shape index (κ2) is 9.55. The maximum Gasteiger partial charge on any atom is 0.387 e. The molecule has 2 fully saturated rings. The predicted octanol–water partition coefficient (Wildman–Crippen LogP) is 3.50. The molecule has 2 N–H and O–H groups in total. The molecule has 1 saturated carbocycles. The molecular formula is C19H27ClF2N2O3. The summed E-state index contributed by atoms with van der Waals surface area (Å²) >= 11 is 0. The van der Waals surface area contributed by atoms with E-state index in [1.54, 1.807) is 25.1 Å². The number of carbonyl (C=O) groups is 1. The lowest BCUT2D eigenvalue weighted by Gasteiger charge is -2.37. The molecule has 1 aromatic carbocycles. The molecule has 1 aliphatic heterocycles. The number of carbonyl (C=O) groups excluding carboxylic acids is 1. The van der Waals surface area contributed by atoms with E-state index in [1.807, 2.05) is 0 Å². The Morgan fingerprint density at radius 1 is 1.41 bits per heavy atom. The van der Waals surface area contributed by atoms with Gasteiger partial charge in [-0.25, -0.2) is 0 Å². The zero-order valence-electron chi connectivity index (χ0n) is 15.4. The first-order chi connectivity index (χ1) is 12.6. The van der Waals surface area contributed by atoms with Crippen LogP contribution in [0.1, 0.15) is 38.2 Å². The van der Waals surface area contributed by atoms with E-state index < -0.39 is 6.61 Å². The van der Waals surface area contributed by atoms with Crippen molar-refractivity contribution in [2.75, 3.05) is 19.7 Å². The maximum atomic E-state index is 12.9. The molecule has 8 heteroatoms. The zero-order valence-corrected chi connectivity index (χ0v) is 16.2. The molecule has 0 spiro atoms. The molecule has 0 aromatic heterocycles. The van der Waals surface area contributed by atoms with Crippen LogP contribution in [0.2, 0.25) is 0 Å². The lowest BCUT2D eigenvalue weighted by atomic mass is 9.67. The second-order valence-corrected chi connectivity index (χ2v) is 6.97. The number of para-hydroxylation sites is 1. The first-order valence-corrected chi connectivity index (χ1v) is 9.25. The van der Waals surface area contributed by atoms with E-state index in [0.717, 1.165) is 32.2 Å². The molecule has 2 aliphatic rings. The van der Waals surface area contributed by atoms with E-state index in [-0.39, 0.29) is 41.8 Å². The van der Waals surface area contributed by atoms with Crippen LogP contribution < -0.4 is 20.1 Å². The molecule has 0 bridgehead atoms. The fourth-order valence-electron chi connectivity index (χ4n) is 4.23. The van der Waals surface area contributed by atoms with Gasteiger partial charge in [0.05, 0.1) is 12.0 Å². The molecule has 5 nitrogen and oxygen atoms in total. The van der Waals surface area contributed by atoms with E-state index in [1.165, 1.54) is 0 Å². The van der Waals surface area contributed by atoms with Gasteiger partial charge in [0.25, 0.3) is 0 Å². The van der Waals surface area contributed by atoms with Crippen molar-refractivity contribution in [3.05, 3.63) is 23.8 Å². The number of benzene rings is 1. The van der Waals surface area contributed by atoms with Gasteiger partial charge in [-0.05, 0) is 38.3 Å². The summed E-state index contributed by atoms with van der Waals surface area (Å²) in [5, 5.41) is 6.30. The monoisotopic (exact) mass is 404 g/mol. The fraction of sp³-hybridized carbons (Fsp3) is 0.632. The molecule has 1 amide bonds. The number of nitrogens with one attached hydrogen (secondary N) is 2. The van der Waals surface area contributed by atoms with Crippen molar-refractivity contribution in [2.24, 2.45) is 11.3 Å². The van der Waals surface area contributed by atoms with Crippen molar-refractivity contribution in [1.29, 1.82) is 0 Å². The lowest BCUT2D eigenvalue weighted by molar-refractivity contribution is -0.134. The van der Waals surface area contributed by atoms with Gasteiger partial charge in [-0.1, -0.05) is 25.0 Å². The average Bonchev–Trinajstić information content (AvgIpc) is 3.07. The molecular weight excluding hydrogens is 378 g/mol. The van der Waals surface area contributed by atoms with Gasteiger partial charge >= 0.3 is 6.61 Å². The van der Waals surface area contributed by atoms with E-state index in [9.17, 15) is 13.6 Å². The molecule has 1 aliphatic carbocycles. The number of fused-ring (bicyclic) bond motifs is 1. The zero-order chi connectivity index (χ0) is 18.6. The van der Waals surface area contributed by atoms with Crippen LogP contribution in [-0.2, 0) is 11.3 Å². The SMILES string of the molecule is CCOc1cccc(CNC(=O)[C@@]23CCCC[C@H]2CNC3)c1OC(F)F.Cl. The Kier molecular flexibility index (Phi) is 7.68. The van der Waals surface area contributed by atoms with Crippen LogP contribution in [-0.4, -0.2) is 32.2 Å². The Hall–Kier alpha value is -1.60. The highest BCUT2D eigenvalue weighted by molar-refractivity contribution is 5.85. The van der Waals surface area contributed by atoms with Crippen LogP contribution in [0.3, 0.4) is 0 Å². The van der Waals surface area contributed by atoms with Crippen molar-refractivity contribution in [1.82, 2.24) is 10.6 Å². The minimum atomic E-state index is -2.95. The van der Waals surface area contributed by atoms with Gasteiger partial charge in [-0.15, -0.1) is 12.4 Å². The van der Waals surface area contributed by atoms with Crippen molar-refractivity contribution >= 4 is 18.3 Å². The Bertz CT molecular complexity index is 647. The molecule has 3 rings (SSSR count). The molecule has 1 aromatic rings. The molecule has 27 heavy (non-hydrogen) atoms. The topological polar surface area (TPSA) is 59.6 Å². The summed E-state index contributed by atoms with van der Waals surface area (Å²) in [5.74, 6) is 0.600. The quantitative estimate of drug-likeness (QED) is 0.730. The van der Waals surface area contributed by atoms with Crippen molar-refractivity contribution < 1.29 is 23.0 Å². The van der Waals surface area contributed by atoms with Crippen LogP contribution in [0.4, 0.5) is 8.78 Å². The highest BCUT2D eigenvalue weighted by Crippen LogP contribution is 2.44. The summed E-state index contributed by atoms with van der Waals surface area (Å²) in [4.78, 5) is 12.9. The minimum Gasteiger partial charge on any atom is -0.490 e. The number of amides is 1. The van der Waals surface area contributed by atoms with Crippen LogP contribution in [0.25, 0.3) is 0 Å². The third-order valence-electron chi connectivity index (χ3n) is 5.50. The van der Waals surface area contributed by atoms with Gasteiger partial charge < -0.3 is 20.1 Å². The highest BCUT2D eigenvalue weighted by atomic mass is 35.5. The third kappa shape index (κ3) is 4.63. The Labute approximate surface area is 164 Å². The van der Waals surface area contributed by atoms with Gasteiger partial charge in [-0.3, -0.25) is 4.79 Å². The molecule has 0 radical (unpaired) electrons. The van der Waals surface area contributed by atoms with Crippen LogP contribution in [0.15, 0.2) is 18.2 Å². The number of alkyl halides is 2. The number of hydrogen-bond donors (Lipinski definition) is 2. The number of hydrogen-bond acceptors (Lipinski definition) is 4. The Morgan fingerprint density at radius 3 is 2.96 bits per heavy atom. The summed E-state index contributed by atoms with van der Waals surface area (Å²) < 4.78 is 35.7. The second-order valence-electron chi connectivity index (χ2n) is 6.97. The maximum absolute atomic E-state index is 12.9. The van der Waals surface area contributed by atoms with Gasteiger partial charge in [0, 0.05) is 18.7 Å². The number of rotatable bonds is 7. The van der Waals surface area contributed by atoms with Gasteiger partial charge in [0.1, 0.15) is 0 Å². The Balaban J connectivity index is 0.00000261. The third-order valence-corrected chi connectivity index (χ3v) is 5.50. The van der Waals surface area contributed by atoms with Gasteiger partial charge in [0.15, 0.2) is 11.5 Å². The summed E-state index contributed by atoms with van der Waals surface area (Å²) in [5.41, 5.74) is 0.110. The fourth-order valence-corrected chi connectivity index (χ4v) is 4.23. The molecule has 2 atom stereocenters. The standard InChI is InChI=1S/C19H26F2N2O3.ClH/c1-2-25-15-8-5-6-13(16(15)26-18(20)21)10-23-17(24)19-9-4-3-7-14(19)11-22-12-19;/h5-6,8,14,18,22H,2-4,7,9-12H2,1H3,(H,23,24);1H/t14-,19+;/m0./s1. The largest absolute Gasteiger partial charge is 0.490 e. The van der Waals surface area contributed by atoms with E-state index in [4.69, 9.17) is 4.74 Å². The summed E-state index contributed by atoms with van der Waals surface area (Å²) in [6, 6.07) is 4.97. The summed E-state index contributed by atoms with van der Waals surface area (Å²) in [6.07, 6.45) is 4.13. The van der Waals surface area contributed by atoms with E-state index in [2.05, 4.69) is 15.4 Å². The van der Waals surface area contributed by atoms with Crippen molar-refractivity contribution in [3.63, 3.8) is 0 Å². The molecule has 1 saturated heterocycles. The van der Waals surface area contributed by atoms with Crippen LogP contribution >= 0.6 is 12.4 Å².